The minimum Gasteiger partial charge on any atom is -0.465 e. The van der Waals surface area contributed by atoms with Crippen molar-refractivity contribution in [2.45, 2.75) is 32.2 Å². The number of esters is 1. The maximum atomic E-state index is 13.7. The van der Waals surface area contributed by atoms with Crippen molar-refractivity contribution in [2.75, 3.05) is 19.7 Å². The van der Waals surface area contributed by atoms with Crippen LogP contribution in [0.1, 0.15) is 52.7 Å². The molecule has 0 saturated heterocycles. The summed E-state index contributed by atoms with van der Waals surface area (Å²) >= 11 is 0. The molecule has 0 atom stereocenters. The molecule has 0 aliphatic carbocycles. The first-order valence-electron chi connectivity index (χ1n) is 15.0. The number of nitrogens with zero attached hydrogens (tertiary/aromatic N) is 2. The number of carbonyl (C=O) groups excluding carboxylic acids is 2. The minimum atomic E-state index is -0.245. The number of benzene rings is 4. The van der Waals surface area contributed by atoms with Gasteiger partial charge in [0.05, 0.1) is 6.61 Å². The predicted octanol–water partition coefficient (Wildman–Crippen LogP) is 7.97. The quantitative estimate of drug-likeness (QED) is 0.135. The van der Waals surface area contributed by atoms with Crippen molar-refractivity contribution in [2.24, 2.45) is 0 Å². The topological polar surface area (TPSA) is 51.5 Å². The molecule has 43 heavy (non-hydrogen) atoms. The molecular weight excluding hydrogens is 532 g/mol. The van der Waals surface area contributed by atoms with Crippen molar-refractivity contribution in [1.82, 2.24) is 9.47 Å². The van der Waals surface area contributed by atoms with Crippen molar-refractivity contribution in [3.8, 4) is 0 Å². The van der Waals surface area contributed by atoms with Gasteiger partial charge in [0, 0.05) is 41.7 Å². The Morgan fingerprint density at radius 2 is 1.44 bits per heavy atom. The van der Waals surface area contributed by atoms with Gasteiger partial charge in [-0.15, -0.1) is 0 Å². The van der Waals surface area contributed by atoms with Crippen molar-refractivity contribution in [1.29, 1.82) is 0 Å². The third kappa shape index (κ3) is 7.69. The highest BCUT2D eigenvalue weighted by Crippen LogP contribution is 2.28. The summed E-state index contributed by atoms with van der Waals surface area (Å²) in [4.78, 5) is 27.7. The van der Waals surface area contributed by atoms with E-state index >= 15 is 0 Å². The van der Waals surface area contributed by atoms with Crippen molar-refractivity contribution in [3.05, 3.63) is 150 Å². The molecule has 218 valence electrons. The molecule has 0 aliphatic rings. The lowest BCUT2D eigenvalue weighted by Crippen LogP contribution is -2.33. The van der Waals surface area contributed by atoms with Crippen LogP contribution in [0.3, 0.4) is 0 Å². The van der Waals surface area contributed by atoms with E-state index in [1.807, 2.05) is 83.3 Å². The highest BCUT2D eigenvalue weighted by molar-refractivity contribution is 5.94. The molecule has 4 aromatic carbocycles. The molecule has 0 N–H and O–H groups in total. The maximum Gasteiger partial charge on any atom is 0.325 e. The summed E-state index contributed by atoms with van der Waals surface area (Å²) in [6.45, 7) is 3.62. The summed E-state index contributed by atoms with van der Waals surface area (Å²) in [6.07, 6.45) is 7.71. The van der Waals surface area contributed by atoms with Gasteiger partial charge in [0.2, 0.25) is 0 Å². The monoisotopic (exact) mass is 570 g/mol. The Bertz CT molecular complexity index is 1600. The van der Waals surface area contributed by atoms with E-state index in [0.717, 1.165) is 29.3 Å². The third-order valence-electron chi connectivity index (χ3n) is 7.71. The Balaban J connectivity index is 1.31. The van der Waals surface area contributed by atoms with Crippen molar-refractivity contribution < 1.29 is 14.3 Å². The Labute approximate surface area is 254 Å². The highest BCUT2D eigenvalue weighted by atomic mass is 16.5. The number of carbonyl (C=O) groups is 2. The third-order valence-corrected chi connectivity index (χ3v) is 7.71. The van der Waals surface area contributed by atoms with E-state index < -0.39 is 0 Å². The first-order valence-corrected chi connectivity index (χ1v) is 15.0. The fourth-order valence-corrected chi connectivity index (χ4v) is 5.58. The van der Waals surface area contributed by atoms with E-state index in [-0.39, 0.29) is 24.3 Å². The molecule has 0 bridgehead atoms. The first kappa shape index (κ1) is 29.6. The van der Waals surface area contributed by atoms with Crippen LogP contribution < -0.4 is 0 Å². The summed E-state index contributed by atoms with van der Waals surface area (Å²) in [5.41, 5.74) is 5.28. The van der Waals surface area contributed by atoms with Crippen LogP contribution in [0, 0.1) is 0 Å². The van der Waals surface area contributed by atoms with E-state index in [1.165, 1.54) is 11.1 Å². The Hall–Kier alpha value is -4.90. The number of ether oxygens (including phenoxy) is 1. The molecule has 1 heterocycles. The number of aromatic nitrogens is 1. The standard InChI is InChI=1S/C38H38N2O3/c1-2-43-37(41)29-40-28-25-35-32(22-14-23-36(35)40)19-12-13-26-39(38(42)33-20-10-5-11-21-33)27-24-34(30-15-6-3-7-16-30)31-17-8-4-9-18-31/h3-12,14-23,25,28,34H,2,13,24,26-27,29H2,1H3/b19-12+. The van der Waals surface area contributed by atoms with Gasteiger partial charge in [-0.3, -0.25) is 9.59 Å². The van der Waals surface area contributed by atoms with Crippen LogP contribution in [-0.4, -0.2) is 41.0 Å². The lowest BCUT2D eigenvalue weighted by Gasteiger charge is -2.26. The second-order valence-corrected chi connectivity index (χ2v) is 10.5. The van der Waals surface area contributed by atoms with Crippen LogP contribution in [0.15, 0.2) is 128 Å². The normalized spacial score (nSPS) is 11.3. The number of amides is 1. The summed E-state index contributed by atoms with van der Waals surface area (Å²) in [5.74, 6) is -0.00170. The van der Waals surface area contributed by atoms with E-state index in [9.17, 15) is 9.59 Å². The van der Waals surface area contributed by atoms with Gasteiger partial charge in [-0.1, -0.05) is 103 Å². The zero-order valence-electron chi connectivity index (χ0n) is 24.6. The van der Waals surface area contributed by atoms with Gasteiger partial charge in [0.25, 0.3) is 5.91 Å². The molecule has 5 heteroatoms. The lowest BCUT2D eigenvalue weighted by molar-refractivity contribution is -0.143. The number of fused-ring (bicyclic) bond motifs is 1. The molecule has 5 aromatic rings. The summed E-state index contributed by atoms with van der Waals surface area (Å²) < 4.78 is 7.04. The van der Waals surface area contributed by atoms with Crippen LogP contribution in [0.4, 0.5) is 0 Å². The van der Waals surface area contributed by atoms with Crippen LogP contribution in [0.5, 0.6) is 0 Å². The second-order valence-electron chi connectivity index (χ2n) is 10.5. The second kappa shape index (κ2) is 14.8. The van der Waals surface area contributed by atoms with Crippen LogP contribution in [-0.2, 0) is 16.1 Å². The molecule has 0 fully saturated rings. The molecule has 0 radical (unpaired) electrons. The van der Waals surface area contributed by atoms with Gasteiger partial charge < -0.3 is 14.2 Å². The molecule has 1 aromatic heterocycles. The van der Waals surface area contributed by atoms with Crippen LogP contribution in [0.25, 0.3) is 17.0 Å². The van der Waals surface area contributed by atoms with E-state index in [0.29, 0.717) is 25.3 Å². The smallest absolute Gasteiger partial charge is 0.325 e. The molecule has 0 spiro atoms. The molecule has 0 saturated carbocycles. The SMILES string of the molecule is CCOC(=O)Cn1ccc2c(/C=C/CCN(CCC(c3ccccc3)c3ccccc3)C(=O)c3ccccc3)cccc21. The fourth-order valence-electron chi connectivity index (χ4n) is 5.58. The fraction of sp³-hybridized carbons (Fsp3) is 0.211. The zero-order valence-corrected chi connectivity index (χ0v) is 24.6. The van der Waals surface area contributed by atoms with Crippen molar-refractivity contribution in [3.63, 3.8) is 0 Å². The van der Waals surface area contributed by atoms with Gasteiger partial charge in [0.1, 0.15) is 6.54 Å². The average Bonchev–Trinajstić information content (AvgIpc) is 3.46. The van der Waals surface area contributed by atoms with Gasteiger partial charge in [0.15, 0.2) is 0 Å². The molecule has 5 rings (SSSR count). The zero-order chi connectivity index (χ0) is 29.9. The molecule has 0 aliphatic heterocycles. The lowest BCUT2D eigenvalue weighted by atomic mass is 9.88. The van der Waals surface area contributed by atoms with E-state index in [2.05, 4.69) is 66.7 Å². The van der Waals surface area contributed by atoms with E-state index in [4.69, 9.17) is 4.74 Å². The summed E-state index contributed by atoms with van der Waals surface area (Å²) in [6, 6.07) is 38.7. The number of hydrogen-bond donors (Lipinski definition) is 0. The van der Waals surface area contributed by atoms with Gasteiger partial charge in [-0.25, -0.2) is 0 Å². The van der Waals surface area contributed by atoms with Crippen LogP contribution >= 0.6 is 0 Å². The molecule has 0 unspecified atom stereocenters. The van der Waals surface area contributed by atoms with Gasteiger partial charge in [-0.05, 0) is 60.7 Å². The highest BCUT2D eigenvalue weighted by Gasteiger charge is 2.19. The number of hydrogen-bond acceptors (Lipinski definition) is 3. The number of rotatable bonds is 13. The molecule has 5 nitrogen and oxygen atoms in total. The summed E-state index contributed by atoms with van der Waals surface area (Å²) in [5, 5.41) is 1.08. The van der Waals surface area contributed by atoms with Gasteiger partial charge in [-0.2, -0.15) is 0 Å². The largest absolute Gasteiger partial charge is 0.465 e. The van der Waals surface area contributed by atoms with Crippen LogP contribution in [0.2, 0.25) is 0 Å². The van der Waals surface area contributed by atoms with E-state index in [1.54, 1.807) is 0 Å². The Kier molecular flexibility index (Phi) is 10.2. The Morgan fingerprint density at radius 3 is 2.09 bits per heavy atom. The average molecular weight is 571 g/mol. The Morgan fingerprint density at radius 1 is 0.791 bits per heavy atom. The minimum absolute atomic E-state index is 0.0482. The molecule has 1 amide bonds. The van der Waals surface area contributed by atoms with Gasteiger partial charge >= 0.3 is 5.97 Å². The summed E-state index contributed by atoms with van der Waals surface area (Å²) in [7, 11) is 0. The predicted molar refractivity (Wildman–Crippen MR) is 174 cm³/mol. The molecular formula is C38H38N2O3. The first-order chi connectivity index (χ1) is 21.1. The maximum absolute atomic E-state index is 13.7. The van der Waals surface area contributed by atoms with Crippen molar-refractivity contribution >= 4 is 28.9 Å².